The molecule has 0 bridgehead atoms. The summed E-state index contributed by atoms with van der Waals surface area (Å²) in [5.41, 5.74) is 3.33. The van der Waals surface area contributed by atoms with Gasteiger partial charge >= 0.3 is 0 Å². The van der Waals surface area contributed by atoms with Crippen molar-refractivity contribution in [2.75, 3.05) is 39.3 Å². The number of likely N-dealkylation sites (tertiary alicyclic amines) is 1. The Hall–Kier alpha value is -1.40. The molecule has 0 radical (unpaired) electrons. The molecule has 3 aliphatic rings. The molecule has 1 aliphatic carbocycles. The first-order valence-corrected chi connectivity index (χ1v) is 11.9. The van der Waals surface area contributed by atoms with Crippen molar-refractivity contribution in [3.8, 4) is 0 Å². The molecular weight excluding hydrogens is 362 g/mol. The van der Waals surface area contributed by atoms with E-state index in [1.54, 1.807) is 0 Å². The van der Waals surface area contributed by atoms with E-state index in [1.165, 1.54) is 30.5 Å². The van der Waals surface area contributed by atoms with Gasteiger partial charge in [0.25, 0.3) is 5.91 Å². The predicted molar refractivity (Wildman–Crippen MR) is 116 cm³/mol. The first-order valence-electron chi connectivity index (χ1n) is 11.9. The van der Waals surface area contributed by atoms with E-state index in [2.05, 4.69) is 40.2 Å². The molecule has 1 amide bonds. The zero-order valence-corrected chi connectivity index (χ0v) is 18.7. The summed E-state index contributed by atoms with van der Waals surface area (Å²) < 4.78 is 2.10. The number of piperazine rings is 1. The molecule has 0 N–H and O–H groups in total. The van der Waals surface area contributed by atoms with Crippen LogP contribution in [0, 0.1) is 0 Å². The predicted octanol–water partition coefficient (Wildman–Crippen LogP) is 2.80. The average Bonchev–Trinajstić information content (AvgIpc) is 2.90. The lowest BCUT2D eigenvalue weighted by molar-refractivity contribution is 0.0713. The fraction of sp³-hybridized carbons (Fsp3) is 0.826. The Morgan fingerprint density at radius 1 is 1.03 bits per heavy atom. The second kappa shape index (κ2) is 9.17. The maximum absolute atomic E-state index is 13.4. The number of aromatic nitrogens is 2. The zero-order valence-electron chi connectivity index (χ0n) is 18.7. The molecular formula is C23H39N5O. The lowest BCUT2D eigenvalue weighted by atomic mass is 9.89. The normalized spacial score (nSPS) is 24.6. The Morgan fingerprint density at radius 3 is 2.34 bits per heavy atom. The van der Waals surface area contributed by atoms with Gasteiger partial charge in [-0.3, -0.25) is 19.3 Å². The molecule has 0 saturated carbocycles. The lowest BCUT2D eigenvalue weighted by Crippen LogP contribution is -2.53. The van der Waals surface area contributed by atoms with Crippen LogP contribution in [-0.2, 0) is 19.4 Å². The van der Waals surface area contributed by atoms with Gasteiger partial charge in [0.15, 0.2) is 5.69 Å². The van der Waals surface area contributed by atoms with Gasteiger partial charge in [0.2, 0.25) is 0 Å². The van der Waals surface area contributed by atoms with E-state index in [-0.39, 0.29) is 5.91 Å². The Labute approximate surface area is 176 Å². The summed E-state index contributed by atoms with van der Waals surface area (Å²) in [6, 6.07) is 1.19. The van der Waals surface area contributed by atoms with E-state index >= 15 is 0 Å². The van der Waals surface area contributed by atoms with E-state index in [4.69, 9.17) is 5.10 Å². The number of amides is 1. The molecule has 2 aliphatic heterocycles. The number of rotatable bonds is 4. The first-order chi connectivity index (χ1) is 14.1. The van der Waals surface area contributed by atoms with E-state index in [0.29, 0.717) is 12.1 Å². The molecule has 1 aromatic rings. The van der Waals surface area contributed by atoms with Crippen LogP contribution in [0.25, 0.3) is 0 Å². The maximum atomic E-state index is 13.4. The van der Waals surface area contributed by atoms with Crippen LogP contribution in [0.15, 0.2) is 0 Å². The monoisotopic (exact) mass is 401 g/mol. The molecule has 29 heavy (non-hydrogen) atoms. The van der Waals surface area contributed by atoms with Gasteiger partial charge in [-0.25, -0.2) is 0 Å². The first kappa shape index (κ1) is 20.9. The molecule has 4 rings (SSSR count). The van der Waals surface area contributed by atoms with E-state index in [1.807, 2.05) is 0 Å². The minimum Gasteiger partial charge on any atom is -0.337 e. The highest BCUT2D eigenvalue weighted by atomic mass is 16.2. The van der Waals surface area contributed by atoms with Crippen molar-refractivity contribution in [3.05, 3.63) is 17.0 Å². The van der Waals surface area contributed by atoms with Crippen molar-refractivity contribution in [2.24, 2.45) is 0 Å². The summed E-state index contributed by atoms with van der Waals surface area (Å²) in [6.07, 6.45) is 7.99. The molecule has 1 unspecified atom stereocenters. The Balaban J connectivity index is 1.51. The molecule has 162 valence electrons. The van der Waals surface area contributed by atoms with Gasteiger partial charge in [0, 0.05) is 69.2 Å². The van der Waals surface area contributed by atoms with Crippen LogP contribution in [0.4, 0.5) is 0 Å². The maximum Gasteiger partial charge on any atom is 0.274 e. The van der Waals surface area contributed by atoms with Crippen LogP contribution in [0.2, 0.25) is 0 Å². The summed E-state index contributed by atoms with van der Waals surface area (Å²) in [5.74, 6) is 0.181. The molecule has 1 aromatic heterocycles. The third-order valence-electron chi connectivity index (χ3n) is 7.31. The van der Waals surface area contributed by atoms with Crippen LogP contribution < -0.4 is 0 Å². The van der Waals surface area contributed by atoms with E-state index in [9.17, 15) is 4.79 Å². The van der Waals surface area contributed by atoms with Gasteiger partial charge in [-0.05, 0) is 52.9 Å². The highest BCUT2D eigenvalue weighted by Crippen LogP contribution is 2.29. The van der Waals surface area contributed by atoms with Crippen LogP contribution in [0.3, 0.4) is 0 Å². The number of aryl methyl sites for hydroxylation is 1. The summed E-state index contributed by atoms with van der Waals surface area (Å²) >= 11 is 0. The van der Waals surface area contributed by atoms with Gasteiger partial charge < -0.3 is 4.90 Å². The number of carbonyl (C=O) groups is 1. The highest BCUT2D eigenvalue weighted by molar-refractivity contribution is 5.94. The number of hydrogen-bond donors (Lipinski definition) is 0. The zero-order chi connectivity index (χ0) is 20.4. The molecule has 0 aromatic carbocycles. The Morgan fingerprint density at radius 2 is 1.72 bits per heavy atom. The quantitative estimate of drug-likeness (QED) is 0.778. The smallest absolute Gasteiger partial charge is 0.274 e. The standard InChI is InChI=1S/C23H39N5O/c1-4-28-21-10-9-19(26-15-13-25(14-16-26)18(2)3)17-20(21)22(24-28)23(29)27-11-7-5-6-8-12-27/h18-19H,4-17H2,1-3H3. The lowest BCUT2D eigenvalue weighted by Gasteiger charge is -2.42. The number of fused-ring (bicyclic) bond motifs is 1. The summed E-state index contributed by atoms with van der Waals surface area (Å²) in [4.78, 5) is 20.7. The second-order valence-electron chi connectivity index (χ2n) is 9.36. The minimum absolute atomic E-state index is 0.181. The van der Waals surface area contributed by atoms with Crippen LogP contribution in [0.1, 0.15) is 74.6 Å². The van der Waals surface area contributed by atoms with Crippen molar-refractivity contribution in [1.82, 2.24) is 24.5 Å². The summed E-state index contributed by atoms with van der Waals surface area (Å²) in [7, 11) is 0. The van der Waals surface area contributed by atoms with Gasteiger partial charge in [0.1, 0.15) is 0 Å². The molecule has 6 heteroatoms. The van der Waals surface area contributed by atoms with Gasteiger partial charge in [-0.2, -0.15) is 5.10 Å². The SMILES string of the molecule is CCn1nc(C(=O)N2CCCCCC2)c2c1CCC(N1CCN(C(C)C)CC1)C2. The van der Waals surface area contributed by atoms with Crippen molar-refractivity contribution in [1.29, 1.82) is 0 Å². The fourth-order valence-electron chi connectivity index (χ4n) is 5.46. The van der Waals surface area contributed by atoms with Crippen molar-refractivity contribution >= 4 is 5.91 Å². The molecule has 1 atom stereocenters. The number of nitrogens with zero attached hydrogens (tertiary/aromatic N) is 5. The van der Waals surface area contributed by atoms with E-state index < -0.39 is 0 Å². The summed E-state index contributed by atoms with van der Waals surface area (Å²) in [6.45, 7) is 14.0. The minimum atomic E-state index is 0.181. The Kier molecular flexibility index (Phi) is 6.60. The van der Waals surface area contributed by atoms with Crippen LogP contribution in [-0.4, -0.2) is 81.7 Å². The molecule has 2 saturated heterocycles. The summed E-state index contributed by atoms with van der Waals surface area (Å²) in [5, 5.41) is 4.83. The molecule has 6 nitrogen and oxygen atoms in total. The fourth-order valence-corrected chi connectivity index (χ4v) is 5.46. The average molecular weight is 402 g/mol. The molecule has 3 heterocycles. The van der Waals surface area contributed by atoms with Crippen LogP contribution >= 0.6 is 0 Å². The number of carbonyl (C=O) groups excluding carboxylic acids is 1. The number of hydrogen-bond acceptors (Lipinski definition) is 4. The van der Waals surface area contributed by atoms with Crippen molar-refractivity contribution in [2.45, 2.75) is 84.3 Å². The van der Waals surface area contributed by atoms with Gasteiger partial charge in [-0.1, -0.05) is 12.8 Å². The third kappa shape index (κ3) is 4.38. The van der Waals surface area contributed by atoms with E-state index in [0.717, 1.165) is 77.2 Å². The third-order valence-corrected chi connectivity index (χ3v) is 7.31. The Bertz CT molecular complexity index is 696. The second-order valence-corrected chi connectivity index (χ2v) is 9.36. The topological polar surface area (TPSA) is 44.6 Å². The highest BCUT2D eigenvalue weighted by Gasteiger charge is 2.34. The van der Waals surface area contributed by atoms with Crippen molar-refractivity contribution < 1.29 is 4.79 Å². The van der Waals surface area contributed by atoms with Gasteiger partial charge in [-0.15, -0.1) is 0 Å². The van der Waals surface area contributed by atoms with Crippen molar-refractivity contribution in [3.63, 3.8) is 0 Å². The molecule has 0 spiro atoms. The molecule has 2 fully saturated rings. The van der Waals surface area contributed by atoms with Crippen LogP contribution in [0.5, 0.6) is 0 Å². The van der Waals surface area contributed by atoms with Gasteiger partial charge in [0.05, 0.1) is 0 Å². The largest absolute Gasteiger partial charge is 0.337 e.